The van der Waals surface area contributed by atoms with E-state index in [0.29, 0.717) is 19.2 Å². The van der Waals surface area contributed by atoms with Crippen molar-refractivity contribution in [3.05, 3.63) is 29.8 Å². The Labute approximate surface area is 102 Å². The van der Waals surface area contributed by atoms with E-state index in [1.807, 2.05) is 24.3 Å². The Morgan fingerprint density at radius 2 is 2.12 bits per heavy atom. The van der Waals surface area contributed by atoms with E-state index in [2.05, 4.69) is 11.8 Å². The van der Waals surface area contributed by atoms with Crippen LogP contribution in [0.15, 0.2) is 24.3 Å². The number of hydrogen-bond acceptors (Lipinski definition) is 4. The molecule has 0 aliphatic carbocycles. The molecule has 1 saturated heterocycles. The minimum atomic E-state index is -0.663. The number of rotatable bonds is 3. The second kappa shape index (κ2) is 5.49. The third-order valence-electron chi connectivity index (χ3n) is 3.09. The van der Waals surface area contributed by atoms with Crippen LogP contribution in [0.1, 0.15) is 12.5 Å². The van der Waals surface area contributed by atoms with Crippen LogP contribution in [0, 0.1) is 0 Å². The monoisotopic (exact) mass is 237 g/mol. The van der Waals surface area contributed by atoms with Gasteiger partial charge in [-0.3, -0.25) is 4.90 Å². The molecular formula is C13H19NO3. The first-order valence-electron chi connectivity index (χ1n) is 5.85. The van der Waals surface area contributed by atoms with E-state index in [0.717, 1.165) is 12.3 Å². The van der Waals surface area contributed by atoms with Crippen LogP contribution in [-0.2, 0) is 11.3 Å². The number of morpholine rings is 1. The van der Waals surface area contributed by atoms with E-state index in [1.165, 1.54) is 5.56 Å². The summed E-state index contributed by atoms with van der Waals surface area (Å²) in [6.45, 7) is 4.07. The van der Waals surface area contributed by atoms with Crippen LogP contribution in [0.4, 0.5) is 0 Å². The third kappa shape index (κ3) is 3.19. The van der Waals surface area contributed by atoms with Gasteiger partial charge in [-0.2, -0.15) is 0 Å². The average molecular weight is 237 g/mol. The van der Waals surface area contributed by atoms with Crippen LogP contribution in [0.2, 0.25) is 0 Å². The second-order valence-electron chi connectivity index (χ2n) is 4.41. The summed E-state index contributed by atoms with van der Waals surface area (Å²) in [6.07, 6.45) is -0.663. The lowest BCUT2D eigenvalue weighted by Gasteiger charge is -2.35. The molecule has 0 bridgehead atoms. The van der Waals surface area contributed by atoms with Gasteiger partial charge in [0.2, 0.25) is 0 Å². The minimum Gasteiger partial charge on any atom is -0.497 e. The van der Waals surface area contributed by atoms with Gasteiger partial charge < -0.3 is 14.6 Å². The van der Waals surface area contributed by atoms with Crippen molar-refractivity contribution < 1.29 is 14.6 Å². The largest absolute Gasteiger partial charge is 0.497 e. The molecule has 0 radical (unpaired) electrons. The summed E-state index contributed by atoms with van der Waals surface area (Å²) >= 11 is 0. The highest BCUT2D eigenvalue weighted by Gasteiger charge is 2.24. The Morgan fingerprint density at radius 3 is 2.76 bits per heavy atom. The van der Waals surface area contributed by atoms with Gasteiger partial charge in [-0.05, 0) is 24.6 Å². The molecular weight excluding hydrogens is 218 g/mol. The predicted octanol–water partition coefficient (Wildman–Crippen LogP) is 1.23. The quantitative estimate of drug-likeness (QED) is 0.858. The molecule has 4 heteroatoms. The van der Waals surface area contributed by atoms with Gasteiger partial charge in [0.1, 0.15) is 5.75 Å². The molecule has 1 aliphatic heterocycles. The number of ether oxygens (including phenoxy) is 2. The lowest BCUT2D eigenvalue weighted by atomic mass is 10.1. The molecule has 1 fully saturated rings. The van der Waals surface area contributed by atoms with Gasteiger partial charge in [0.05, 0.1) is 20.3 Å². The first kappa shape index (κ1) is 12.4. The average Bonchev–Trinajstić information content (AvgIpc) is 2.35. The Morgan fingerprint density at radius 1 is 1.41 bits per heavy atom. The number of β-amino-alcohol motifs (C(OH)–C–C–N with tert-alkyl or cyclic N) is 1. The van der Waals surface area contributed by atoms with Crippen LogP contribution in [0.3, 0.4) is 0 Å². The first-order chi connectivity index (χ1) is 8.19. The zero-order valence-electron chi connectivity index (χ0n) is 10.3. The van der Waals surface area contributed by atoms with Crippen molar-refractivity contribution in [2.45, 2.75) is 25.8 Å². The molecule has 1 N–H and O–H groups in total. The van der Waals surface area contributed by atoms with Crippen molar-refractivity contribution in [1.29, 1.82) is 0 Å². The van der Waals surface area contributed by atoms with Crippen molar-refractivity contribution in [2.24, 2.45) is 0 Å². The second-order valence-corrected chi connectivity index (χ2v) is 4.41. The number of hydrogen-bond donors (Lipinski definition) is 1. The summed E-state index contributed by atoms with van der Waals surface area (Å²) in [7, 11) is 1.66. The van der Waals surface area contributed by atoms with Crippen LogP contribution in [0.5, 0.6) is 5.75 Å². The minimum absolute atomic E-state index is 0.334. The molecule has 1 aliphatic rings. The van der Waals surface area contributed by atoms with E-state index in [1.54, 1.807) is 7.11 Å². The smallest absolute Gasteiger partial charge is 0.167 e. The summed E-state index contributed by atoms with van der Waals surface area (Å²) < 4.78 is 10.3. The fraction of sp³-hybridized carbons (Fsp3) is 0.538. The van der Waals surface area contributed by atoms with Crippen molar-refractivity contribution in [2.75, 3.05) is 20.3 Å². The fourth-order valence-electron chi connectivity index (χ4n) is 1.97. The van der Waals surface area contributed by atoms with Crippen molar-refractivity contribution in [3.63, 3.8) is 0 Å². The maximum Gasteiger partial charge on any atom is 0.167 e. The highest BCUT2D eigenvalue weighted by molar-refractivity contribution is 5.27. The lowest BCUT2D eigenvalue weighted by molar-refractivity contribution is -0.164. The lowest BCUT2D eigenvalue weighted by Crippen LogP contribution is -2.47. The van der Waals surface area contributed by atoms with E-state index < -0.39 is 6.29 Å². The normalized spacial score (nSPS) is 25.8. The molecule has 1 aromatic rings. The van der Waals surface area contributed by atoms with Gasteiger partial charge in [-0.25, -0.2) is 0 Å². The summed E-state index contributed by atoms with van der Waals surface area (Å²) in [6, 6.07) is 8.34. The molecule has 2 atom stereocenters. The molecule has 1 heterocycles. The third-order valence-corrected chi connectivity index (χ3v) is 3.09. The van der Waals surface area contributed by atoms with Crippen LogP contribution >= 0.6 is 0 Å². The SMILES string of the molecule is COc1ccc(CN2CC(O)OC[C@H]2C)cc1. The molecule has 1 aromatic carbocycles. The maximum atomic E-state index is 9.47. The molecule has 17 heavy (non-hydrogen) atoms. The fourth-order valence-corrected chi connectivity index (χ4v) is 1.97. The number of aliphatic hydroxyl groups excluding tert-OH is 1. The van der Waals surface area contributed by atoms with Crippen LogP contribution in [0.25, 0.3) is 0 Å². The highest BCUT2D eigenvalue weighted by atomic mass is 16.6. The predicted molar refractivity (Wildman–Crippen MR) is 64.8 cm³/mol. The van der Waals surface area contributed by atoms with Crippen molar-refractivity contribution >= 4 is 0 Å². The number of aliphatic hydroxyl groups is 1. The molecule has 94 valence electrons. The summed E-state index contributed by atoms with van der Waals surface area (Å²) in [4.78, 5) is 2.22. The Balaban J connectivity index is 1.98. The van der Waals surface area contributed by atoms with Gasteiger partial charge >= 0.3 is 0 Å². The Bertz CT molecular complexity index is 352. The van der Waals surface area contributed by atoms with Gasteiger partial charge in [0, 0.05) is 12.6 Å². The van der Waals surface area contributed by atoms with Gasteiger partial charge in [-0.1, -0.05) is 12.1 Å². The molecule has 2 rings (SSSR count). The van der Waals surface area contributed by atoms with E-state index in [4.69, 9.17) is 9.47 Å². The van der Waals surface area contributed by atoms with Crippen molar-refractivity contribution in [1.82, 2.24) is 4.90 Å². The Hall–Kier alpha value is -1.10. The van der Waals surface area contributed by atoms with Crippen LogP contribution < -0.4 is 4.74 Å². The number of nitrogens with zero attached hydrogens (tertiary/aromatic N) is 1. The maximum absolute atomic E-state index is 9.47. The first-order valence-corrected chi connectivity index (χ1v) is 5.85. The van der Waals surface area contributed by atoms with Gasteiger partial charge in [-0.15, -0.1) is 0 Å². The molecule has 0 aromatic heterocycles. The van der Waals surface area contributed by atoms with E-state index in [9.17, 15) is 5.11 Å². The molecule has 0 saturated carbocycles. The summed E-state index contributed by atoms with van der Waals surface area (Å²) in [5, 5.41) is 9.47. The molecule has 0 amide bonds. The number of methoxy groups -OCH3 is 1. The zero-order chi connectivity index (χ0) is 12.3. The molecule has 1 unspecified atom stereocenters. The standard InChI is InChI=1S/C13H19NO3/c1-10-9-17-13(15)8-14(10)7-11-3-5-12(16-2)6-4-11/h3-6,10,13,15H,7-9H2,1-2H3/t10-,13?/m1/s1. The molecule has 0 spiro atoms. The summed E-state index contributed by atoms with van der Waals surface area (Å²) in [5.74, 6) is 0.865. The summed E-state index contributed by atoms with van der Waals surface area (Å²) in [5.41, 5.74) is 1.21. The Kier molecular flexibility index (Phi) is 3.99. The van der Waals surface area contributed by atoms with Crippen LogP contribution in [-0.4, -0.2) is 42.6 Å². The van der Waals surface area contributed by atoms with Gasteiger partial charge in [0.25, 0.3) is 0 Å². The highest BCUT2D eigenvalue weighted by Crippen LogP contribution is 2.17. The topological polar surface area (TPSA) is 41.9 Å². The van der Waals surface area contributed by atoms with Crippen molar-refractivity contribution in [3.8, 4) is 5.75 Å². The zero-order valence-corrected chi connectivity index (χ0v) is 10.3. The van der Waals surface area contributed by atoms with E-state index >= 15 is 0 Å². The van der Waals surface area contributed by atoms with E-state index in [-0.39, 0.29) is 0 Å². The number of benzene rings is 1. The molecule has 4 nitrogen and oxygen atoms in total. The van der Waals surface area contributed by atoms with Gasteiger partial charge in [0.15, 0.2) is 6.29 Å².